The van der Waals surface area contributed by atoms with Crippen LogP contribution in [0.1, 0.15) is 16.8 Å². The summed E-state index contributed by atoms with van der Waals surface area (Å²) in [7, 11) is 0. The molecule has 0 atom stereocenters. The molecule has 0 saturated carbocycles. The summed E-state index contributed by atoms with van der Waals surface area (Å²) in [5, 5.41) is 3.10. The summed E-state index contributed by atoms with van der Waals surface area (Å²) in [6.07, 6.45) is -0.263. The zero-order valence-electron chi connectivity index (χ0n) is 10.6. The van der Waals surface area contributed by atoms with E-state index in [9.17, 15) is 9.59 Å². The molecule has 0 fully saturated rings. The Morgan fingerprint density at radius 3 is 2.45 bits per heavy atom. The molecule has 5 heteroatoms. The molecule has 0 aromatic heterocycles. The summed E-state index contributed by atoms with van der Waals surface area (Å²) in [6, 6.07) is 13.5. The number of benzene rings is 2. The SMILES string of the molecule is Nc1cc(Cl)ccc1C(=O)CC(=O)Nc1ccccc1. The summed E-state index contributed by atoms with van der Waals surface area (Å²) >= 11 is 5.76. The lowest BCUT2D eigenvalue weighted by molar-refractivity contribution is -0.115. The van der Waals surface area contributed by atoms with Gasteiger partial charge in [-0.1, -0.05) is 29.8 Å². The number of para-hydroxylation sites is 1. The highest BCUT2D eigenvalue weighted by atomic mass is 35.5. The molecule has 4 nitrogen and oxygen atoms in total. The second-order valence-corrected chi connectivity index (χ2v) is 4.68. The second kappa shape index (κ2) is 6.21. The van der Waals surface area contributed by atoms with Crippen LogP contribution in [0.2, 0.25) is 5.02 Å². The van der Waals surface area contributed by atoms with Crippen molar-refractivity contribution in [1.29, 1.82) is 0 Å². The Morgan fingerprint density at radius 2 is 1.80 bits per heavy atom. The van der Waals surface area contributed by atoms with Gasteiger partial charge in [0.05, 0.1) is 6.42 Å². The third kappa shape index (κ3) is 3.59. The minimum atomic E-state index is -0.379. The molecule has 2 rings (SSSR count). The number of halogens is 1. The van der Waals surface area contributed by atoms with Gasteiger partial charge in [-0.3, -0.25) is 9.59 Å². The fourth-order valence-electron chi connectivity index (χ4n) is 1.76. The number of nitrogens with one attached hydrogen (secondary N) is 1. The van der Waals surface area contributed by atoms with E-state index >= 15 is 0 Å². The summed E-state index contributed by atoms with van der Waals surface area (Å²) in [5.41, 5.74) is 6.94. The van der Waals surface area contributed by atoms with Crippen molar-refractivity contribution in [2.45, 2.75) is 6.42 Å². The Hall–Kier alpha value is -2.33. The molecule has 0 saturated heterocycles. The number of carbonyl (C=O) groups is 2. The Labute approximate surface area is 121 Å². The Kier molecular flexibility index (Phi) is 4.38. The van der Waals surface area contributed by atoms with Gasteiger partial charge in [0.2, 0.25) is 5.91 Å². The standard InChI is InChI=1S/C15H13ClN2O2/c16-10-6-7-12(13(17)8-10)14(19)9-15(20)18-11-4-2-1-3-5-11/h1-8H,9,17H2,(H,18,20). The Morgan fingerprint density at radius 1 is 1.10 bits per heavy atom. The van der Waals surface area contributed by atoms with E-state index < -0.39 is 0 Å². The molecule has 20 heavy (non-hydrogen) atoms. The number of ketones is 1. The van der Waals surface area contributed by atoms with Gasteiger partial charge in [-0.25, -0.2) is 0 Å². The predicted molar refractivity (Wildman–Crippen MR) is 79.9 cm³/mol. The van der Waals surface area contributed by atoms with Crippen LogP contribution in [0.25, 0.3) is 0 Å². The molecule has 0 bridgehead atoms. The molecule has 102 valence electrons. The molecular weight excluding hydrogens is 276 g/mol. The largest absolute Gasteiger partial charge is 0.398 e. The van der Waals surface area contributed by atoms with Gasteiger partial charge in [0.25, 0.3) is 0 Å². The van der Waals surface area contributed by atoms with E-state index in [4.69, 9.17) is 17.3 Å². The van der Waals surface area contributed by atoms with Crippen LogP contribution in [-0.4, -0.2) is 11.7 Å². The van der Waals surface area contributed by atoms with E-state index in [1.165, 1.54) is 12.1 Å². The number of hydrogen-bond donors (Lipinski definition) is 2. The minimum Gasteiger partial charge on any atom is -0.398 e. The fourth-order valence-corrected chi connectivity index (χ4v) is 1.94. The zero-order chi connectivity index (χ0) is 14.5. The van der Waals surface area contributed by atoms with Gasteiger partial charge in [-0.15, -0.1) is 0 Å². The molecule has 2 aromatic rings. The third-order valence-corrected chi connectivity index (χ3v) is 2.93. The smallest absolute Gasteiger partial charge is 0.232 e. The fraction of sp³-hybridized carbons (Fsp3) is 0.0667. The van der Waals surface area contributed by atoms with Crippen molar-refractivity contribution in [2.75, 3.05) is 11.1 Å². The van der Waals surface area contributed by atoms with E-state index in [0.717, 1.165) is 0 Å². The van der Waals surface area contributed by atoms with E-state index in [-0.39, 0.29) is 23.8 Å². The summed E-state index contributed by atoms with van der Waals surface area (Å²) in [6.45, 7) is 0. The third-order valence-electron chi connectivity index (χ3n) is 2.69. The first kappa shape index (κ1) is 14.1. The maximum absolute atomic E-state index is 12.0. The monoisotopic (exact) mass is 288 g/mol. The van der Waals surface area contributed by atoms with Crippen molar-refractivity contribution in [1.82, 2.24) is 0 Å². The molecule has 0 radical (unpaired) electrons. The van der Waals surface area contributed by atoms with Crippen molar-refractivity contribution in [3.05, 3.63) is 59.1 Å². The Bertz CT molecular complexity index is 642. The quantitative estimate of drug-likeness (QED) is 0.516. The topological polar surface area (TPSA) is 72.2 Å². The first-order valence-corrected chi connectivity index (χ1v) is 6.37. The zero-order valence-corrected chi connectivity index (χ0v) is 11.4. The minimum absolute atomic E-state index is 0.263. The second-order valence-electron chi connectivity index (χ2n) is 4.25. The first-order chi connectivity index (χ1) is 9.56. The van der Waals surface area contributed by atoms with E-state index in [0.29, 0.717) is 16.3 Å². The van der Waals surface area contributed by atoms with Crippen molar-refractivity contribution in [3.63, 3.8) is 0 Å². The average Bonchev–Trinajstić information content (AvgIpc) is 2.39. The number of nitrogen functional groups attached to an aromatic ring is 1. The lowest BCUT2D eigenvalue weighted by Crippen LogP contribution is -2.17. The van der Waals surface area contributed by atoms with Crippen LogP contribution in [0.3, 0.4) is 0 Å². The van der Waals surface area contributed by atoms with E-state index in [2.05, 4.69) is 5.32 Å². The molecule has 1 amide bonds. The molecule has 0 aliphatic carbocycles. The van der Waals surface area contributed by atoms with Gasteiger partial charge in [0, 0.05) is 22.0 Å². The van der Waals surface area contributed by atoms with E-state index in [1.807, 2.05) is 6.07 Å². The van der Waals surface area contributed by atoms with Gasteiger partial charge in [0.15, 0.2) is 5.78 Å². The van der Waals surface area contributed by atoms with Crippen LogP contribution in [-0.2, 0) is 4.79 Å². The lowest BCUT2D eigenvalue weighted by atomic mass is 10.1. The molecule has 0 aliphatic heterocycles. The normalized spacial score (nSPS) is 10.1. The predicted octanol–water partition coefficient (Wildman–Crippen LogP) is 3.13. The molecule has 2 aromatic carbocycles. The molecule has 0 aliphatic rings. The van der Waals surface area contributed by atoms with Crippen LogP contribution >= 0.6 is 11.6 Å². The maximum atomic E-state index is 12.0. The number of anilines is 2. The first-order valence-electron chi connectivity index (χ1n) is 5.99. The summed E-state index contributed by atoms with van der Waals surface area (Å²) in [4.78, 5) is 23.8. The van der Waals surface area contributed by atoms with Crippen molar-refractivity contribution in [2.24, 2.45) is 0 Å². The van der Waals surface area contributed by atoms with Crippen LogP contribution in [0.4, 0.5) is 11.4 Å². The average molecular weight is 289 g/mol. The van der Waals surface area contributed by atoms with Crippen molar-refractivity contribution in [3.8, 4) is 0 Å². The number of rotatable bonds is 4. The van der Waals surface area contributed by atoms with Gasteiger partial charge < -0.3 is 11.1 Å². The van der Waals surface area contributed by atoms with Crippen LogP contribution in [0, 0.1) is 0 Å². The van der Waals surface area contributed by atoms with Crippen LogP contribution < -0.4 is 11.1 Å². The van der Waals surface area contributed by atoms with Crippen molar-refractivity contribution < 1.29 is 9.59 Å². The Balaban J connectivity index is 2.02. The van der Waals surface area contributed by atoms with Crippen molar-refractivity contribution >= 4 is 34.7 Å². The lowest BCUT2D eigenvalue weighted by Gasteiger charge is -2.06. The number of nitrogens with two attached hydrogens (primary N) is 1. The number of amides is 1. The van der Waals surface area contributed by atoms with Gasteiger partial charge in [-0.2, -0.15) is 0 Å². The highest BCUT2D eigenvalue weighted by Crippen LogP contribution is 2.19. The van der Waals surface area contributed by atoms with E-state index in [1.54, 1.807) is 30.3 Å². The molecule has 0 heterocycles. The van der Waals surface area contributed by atoms with Crippen LogP contribution in [0.15, 0.2) is 48.5 Å². The number of carbonyl (C=O) groups excluding carboxylic acids is 2. The number of Topliss-reactive ketones (excluding diaryl/α,β-unsaturated/α-hetero) is 1. The molecular formula is C15H13ClN2O2. The van der Waals surface area contributed by atoms with Gasteiger partial charge in [-0.05, 0) is 30.3 Å². The van der Waals surface area contributed by atoms with Gasteiger partial charge in [0.1, 0.15) is 0 Å². The summed E-state index contributed by atoms with van der Waals surface area (Å²) < 4.78 is 0. The van der Waals surface area contributed by atoms with Gasteiger partial charge >= 0.3 is 0 Å². The van der Waals surface area contributed by atoms with Crippen LogP contribution in [0.5, 0.6) is 0 Å². The highest BCUT2D eigenvalue weighted by Gasteiger charge is 2.14. The molecule has 0 spiro atoms. The number of hydrogen-bond acceptors (Lipinski definition) is 3. The highest BCUT2D eigenvalue weighted by molar-refractivity contribution is 6.31. The maximum Gasteiger partial charge on any atom is 0.232 e. The molecule has 3 N–H and O–H groups in total. The summed E-state index contributed by atoms with van der Waals surface area (Å²) in [5.74, 6) is -0.719. The molecule has 0 unspecified atom stereocenters.